The van der Waals surface area contributed by atoms with Crippen molar-refractivity contribution in [1.29, 1.82) is 0 Å². The maximum Gasteiger partial charge on any atom is 0.255 e. The van der Waals surface area contributed by atoms with Crippen LogP contribution in [0.4, 0.5) is 0 Å². The number of morpholine rings is 1. The normalized spacial score (nSPS) is 19.9. The van der Waals surface area contributed by atoms with Crippen molar-refractivity contribution < 1.29 is 14.3 Å². The van der Waals surface area contributed by atoms with Crippen molar-refractivity contribution in [3.8, 4) is 0 Å². The monoisotopic (exact) mass is 313 g/mol. The number of carbonyl (C=O) groups is 1. The van der Waals surface area contributed by atoms with Crippen LogP contribution in [0.3, 0.4) is 0 Å². The minimum absolute atomic E-state index is 0.0108. The number of nitrogens with zero attached hydrogens (tertiary/aromatic N) is 1. The fraction of sp³-hybridized carbons (Fsp3) is 0.462. The van der Waals surface area contributed by atoms with E-state index in [0.717, 1.165) is 4.47 Å². The van der Waals surface area contributed by atoms with Crippen molar-refractivity contribution in [1.82, 2.24) is 4.90 Å². The summed E-state index contributed by atoms with van der Waals surface area (Å²) in [5, 5.41) is 0. The number of methoxy groups -OCH3 is 1. The van der Waals surface area contributed by atoms with E-state index in [1.807, 2.05) is 29.2 Å². The van der Waals surface area contributed by atoms with Crippen LogP contribution >= 0.6 is 15.9 Å². The summed E-state index contributed by atoms with van der Waals surface area (Å²) in [6, 6.07) is 7.45. The van der Waals surface area contributed by atoms with Crippen LogP contribution in [0, 0.1) is 0 Å². The molecular weight excluding hydrogens is 298 g/mol. The lowest BCUT2D eigenvalue weighted by Gasteiger charge is -2.35. The van der Waals surface area contributed by atoms with E-state index in [0.29, 0.717) is 31.9 Å². The molecule has 1 heterocycles. The number of benzene rings is 1. The van der Waals surface area contributed by atoms with Crippen molar-refractivity contribution >= 4 is 21.8 Å². The Morgan fingerprint density at radius 1 is 1.56 bits per heavy atom. The molecule has 0 saturated carbocycles. The molecule has 1 fully saturated rings. The van der Waals surface area contributed by atoms with Gasteiger partial charge in [-0.3, -0.25) is 4.79 Å². The van der Waals surface area contributed by atoms with Gasteiger partial charge in [-0.05, 0) is 28.1 Å². The summed E-state index contributed by atoms with van der Waals surface area (Å²) < 4.78 is 11.4. The van der Waals surface area contributed by atoms with Gasteiger partial charge in [-0.2, -0.15) is 0 Å². The quantitative estimate of drug-likeness (QED) is 0.856. The first-order valence-electron chi connectivity index (χ1n) is 5.86. The maximum atomic E-state index is 12.5. The first kappa shape index (κ1) is 13.5. The average Bonchev–Trinajstić information content (AvgIpc) is 2.40. The molecular formula is C13H16BrNO3. The molecule has 0 spiro atoms. The zero-order valence-corrected chi connectivity index (χ0v) is 11.9. The van der Waals surface area contributed by atoms with E-state index in [2.05, 4.69) is 15.9 Å². The first-order valence-corrected chi connectivity index (χ1v) is 6.65. The number of hydrogen-bond donors (Lipinski definition) is 0. The number of halogens is 1. The lowest BCUT2D eigenvalue weighted by atomic mass is 10.1. The van der Waals surface area contributed by atoms with Gasteiger partial charge in [0.2, 0.25) is 0 Å². The van der Waals surface area contributed by atoms with E-state index in [1.54, 1.807) is 7.11 Å². The largest absolute Gasteiger partial charge is 0.382 e. The number of rotatable bonds is 3. The first-order chi connectivity index (χ1) is 8.74. The van der Waals surface area contributed by atoms with Crippen molar-refractivity contribution in [2.24, 2.45) is 0 Å². The molecule has 1 aromatic rings. The SMILES string of the molecule is COCC1COCCN1C(=O)c1ccccc1Br. The molecule has 0 N–H and O–H groups in total. The Kier molecular flexibility index (Phi) is 4.74. The van der Waals surface area contributed by atoms with E-state index < -0.39 is 0 Å². The minimum atomic E-state index is -0.0108. The molecule has 1 aliphatic rings. The predicted octanol–water partition coefficient (Wildman–Crippen LogP) is 1.94. The predicted molar refractivity (Wildman–Crippen MR) is 71.7 cm³/mol. The minimum Gasteiger partial charge on any atom is -0.382 e. The van der Waals surface area contributed by atoms with Crippen LogP contribution in [0.2, 0.25) is 0 Å². The lowest BCUT2D eigenvalue weighted by Crippen LogP contribution is -2.50. The standard InChI is InChI=1S/C13H16BrNO3/c1-17-8-10-9-18-7-6-15(10)13(16)11-4-2-3-5-12(11)14/h2-5,10H,6-9H2,1H3. The summed E-state index contributed by atoms with van der Waals surface area (Å²) in [5.41, 5.74) is 0.681. The number of ether oxygens (including phenoxy) is 2. The van der Waals surface area contributed by atoms with E-state index in [-0.39, 0.29) is 11.9 Å². The zero-order chi connectivity index (χ0) is 13.0. The molecule has 0 aromatic heterocycles. The molecule has 98 valence electrons. The Balaban J connectivity index is 2.18. The molecule has 0 aliphatic carbocycles. The second-order valence-electron chi connectivity index (χ2n) is 4.16. The van der Waals surface area contributed by atoms with Crippen molar-refractivity contribution in [3.05, 3.63) is 34.3 Å². The highest BCUT2D eigenvalue weighted by atomic mass is 79.9. The summed E-state index contributed by atoms with van der Waals surface area (Å²) in [7, 11) is 1.63. The van der Waals surface area contributed by atoms with Crippen LogP contribution in [0.15, 0.2) is 28.7 Å². The topological polar surface area (TPSA) is 38.8 Å². The Hall–Kier alpha value is -0.910. The van der Waals surface area contributed by atoms with Crippen LogP contribution in [-0.4, -0.2) is 50.3 Å². The summed E-state index contributed by atoms with van der Waals surface area (Å²) in [5.74, 6) is 0.0211. The third kappa shape index (κ3) is 2.91. The summed E-state index contributed by atoms with van der Waals surface area (Å²) in [6.07, 6.45) is 0. The molecule has 2 rings (SSSR count). The van der Waals surface area contributed by atoms with Gasteiger partial charge in [0, 0.05) is 18.1 Å². The molecule has 0 bridgehead atoms. The molecule has 0 radical (unpaired) electrons. The van der Waals surface area contributed by atoms with Crippen molar-refractivity contribution in [2.75, 3.05) is 33.5 Å². The summed E-state index contributed by atoms with van der Waals surface area (Å²) in [6.45, 7) is 2.21. The van der Waals surface area contributed by atoms with E-state index in [9.17, 15) is 4.79 Å². The van der Waals surface area contributed by atoms with E-state index in [4.69, 9.17) is 9.47 Å². The zero-order valence-electron chi connectivity index (χ0n) is 10.3. The molecule has 1 saturated heterocycles. The Morgan fingerprint density at radius 3 is 3.06 bits per heavy atom. The molecule has 1 amide bonds. The fourth-order valence-corrected chi connectivity index (χ4v) is 2.50. The highest BCUT2D eigenvalue weighted by molar-refractivity contribution is 9.10. The molecule has 5 heteroatoms. The highest BCUT2D eigenvalue weighted by Gasteiger charge is 2.28. The number of hydrogen-bond acceptors (Lipinski definition) is 3. The van der Waals surface area contributed by atoms with E-state index in [1.165, 1.54) is 0 Å². The van der Waals surface area contributed by atoms with Gasteiger partial charge < -0.3 is 14.4 Å². The van der Waals surface area contributed by atoms with Gasteiger partial charge >= 0.3 is 0 Å². The Bertz CT molecular complexity index is 422. The lowest BCUT2D eigenvalue weighted by molar-refractivity contribution is -0.0252. The second kappa shape index (κ2) is 6.31. The number of amides is 1. The molecule has 1 atom stereocenters. The highest BCUT2D eigenvalue weighted by Crippen LogP contribution is 2.20. The van der Waals surface area contributed by atoms with Crippen molar-refractivity contribution in [3.63, 3.8) is 0 Å². The van der Waals surface area contributed by atoms with Gasteiger partial charge in [-0.1, -0.05) is 12.1 Å². The molecule has 1 unspecified atom stereocenters. The third-order valence-corrected chi connectivity index (χ3v) is 3.64. The maximum absolute atomic E-state index is 12.5. The average molecular weight is 314 g/mol. The Labute approximate surface area is 115 Å². The van der Waals surface area contributed by atoms with Gasteiger partial charge in [0.15, 0.2) is 0 Å². The molecule has 18 heavy (non-hydrogen) atoms. The van der Waals surface area contributed by atoms with Crippen molar-refractivity contribution in [2.45, 2.75) is 6.04 Å². The number of carbonyl (C=O) groups excluding carboxylic acids is 1. The van der Waals surface area contributed by atoms with Gasteiger partial charge in [0.1, 0.15) is 0 Å². The van der Waals surface area contributed by atoms with Crippen LogP contribution in [0.1, 0.15) is 10.4 Å². The third-order valence-electron chi connectivity index (χ3n) is 2.95. The summed E-state index contributed by atoms with van der Waals surface area (Å²) in [4.78, 5) is 14.3. The Morgan fingerprint density at radius 2 is 2.33 bits per heavy atom. The molecule has 4 nitrogen and oxygen atoms in total. The van der Waals surface area contributed by atoms with Gasteiger partial charge in [-0.25, -0.2) is 0 Å². The van der Waals surface area contributed by atoms with Gasteiger partial charge in [0.05, 0.1) is 31.4 Å². The fourth-order valence-electron chi connectivity index (χ4n) is 2.04. The summed E-state index contributed by atoms with van der Waals surface area (Å²) >= 11 is 3.41. The van der Waals surface area contributed by atoms with Crippen LogP contribution < -0.4 is 0 Å². The molecule has 1 aliphatic heterocycles. The van der Waals surface area contributed by atoms with Crippen LogP contribution in [0.5, 0.6) is 0 Å². The second-order valence-corrected chi connectivity index (χ2v) is 5.02. The van der Waals surface area contributed by atoms with Gasteiger partial charge in [0.25, 0.3) is 5.91 Å². The molecule has 1 aromatic carbocycles. The smallest absolute Gasteiger partial charge is 0.255 e. The van der Waals surface area contributed by atoms with Gasteiger partial charge in [-0.15, -0.1) is 0 Å². The van der Waals surface area contributed by atoms with Crippen LogP contribution in [-0.2, 0) is 9.47 Å². The van der Waals surface area contributed by atoms with Crippen LogP contribution in [0.25, 0.3) is 0 Å². The van der Waals surface area contributed by atoms with E-state index >= 15 is 0 Å².